The van der Waals surface area contributed by atoms with Gasteiger partial charge in [-0.1, -0.05) is 13.8 Å². The minimum absolute atomic E-state index is 0.249. The molecule has 1 rings (SSSR count). The van der Waals surface area contributed by atoms with Gasteiger partial charge in [-0.3, -0.25) is 4.68 Å². The van der Waals surface area contributed by atoms with Crippen LogP contribution < -0.4 is 5.32 Å². The Morgan fingerprint density at radius 3 is 2.67 bits per heavy atom. The van der Waals surface area contributed by atoms with Crippen LogP contribution in [0.3, 0.4) is 0 Å². The number of anilines is 1. The summed E-state index contributed by atoms with van der Waals surface area (Å²) in [6.07, 6.45) is 0.491. The summed E-state index contributed by atoms with van der Waals surface area (Å²) in [5, 5.41) is 25.2. The Bertz CT molecular complexity index is 485. The van der Waals surface area contributed by atoms with Crippen molar-refractivity contribution in [2.24, 2.45) is 13.0 Å². The zero-order valence-corrected chi connectivity index (χ0v) is 11.1. The van der Waals surface area contributed by atoms with E-state index in [9.17, 15) is 4.79 Å². The highest BCUT2D eigenvalue weighted by molar-refractivity contribution is 5.77. The number of nitriles is 1. The summed E-state index contributed by atoms with van der Waals surface area (Å²) in [4.78, 5) is 11.2. The van der Waals surface area contributed by atoms with E-state index in [1.54, 1.807) is 14.0 Å². The molecule has 98 valence electrons. The van der Waals surface area contributed by atoms with Crippen LogP contribution in [0.15, 0.2) is 0 Å². The summed E-state index contributed by atoms with van der Waals surface area (Å²) in [5.74, 6) is -0.215. The molecule has 18 heavy (non-hydrogen) atoms. The van der Waals surface area contributed by atoms with Crippen LogP contribution in [0.5, 0.6) is 0 Å². The molecule has 0 aliphatic rings. The number of carboxylic acids is 1. The third-order valence-electron chi connectivity index (χ3n) is 2.65. The topological polar surface area (TPSA) is 90.9 Å². The lowest BCUT2D eigenvalue weighted by molar-refractivity contribution is -0.138. The quantitative estimate of drug-likeness (QED) is 0.826. The molecule has 0 amide bonds. The molecule has 1 unspecified atom stereocenters. The smallest absolute Gasteiger partial charge is 0.326 e. The second kappa shape index (κ2) is 5.54. The molecule has 1 aromatic rings. The van der Waals surface area contributed by atoms with E-state index >= 15 is 0 Å². The lowest BCUT2D eigenvalue weighted by atomic mass is 10.0. The number of nitrogens with one attached hydrogen (secondary N) is 1. The Labute approximate surface area is 106 Å². The van der Waals surface area contributed by atoms with Gasteiger partial charge in [-0.05, 0) is 19.3 Å². The molecule has 0 aliphatic carbocycles. The van der Waals surface area contributed by atoms with E-state index in [1.807, 2.05) is 19.9 Å². The molecular weight excluding hydrogens is 232 g/mol. The zero-order chi connectivity index (χ0) is 13.9. The van der Waals surface area contributed by atoms with Crippen LogP contribution in [0.25, 0.3) is 0 Å². The van der Waals surface area contributed by atoms with Crippen molar-refractivity contribution in [2.45, 2.75) is 33.2 Å². The highest BCUT2D eigenvalue weighted by Gasteiger charge is 2.22. The summed E-state index contributed by atoms with van der Waals surface area (Å²) in [5.41, 5.74) is 0.990. The minimum atomic E-state index is -0.925. The van der Waals surface area contributed by atoms with Gasteiger partial charge >= 0.3 is 5.97 Å². The second-order valence-corrected chi connectivity index (χ2v) is 4.71. The van der Waals surface area contributed by atoms with Crippen LogP contribution >= 0.6 is 0 Å². The maximum Gasteiger partial charge on any atom is 0.326 e. The van der Waals surface area contributed by atoms with E-state index in [1.165, 1.54) is 4.68 Å². The van der Waals surface area contributed by atoms with Crippen molar-refractivity contribution in [3.8, 4) is 6.07 Å². The monoisotopic (exact) mass is 250 g/mol. The molecule has 0 saturated heterocycles. The fourth-order valence-electron chi connectivity index (χ4n) is 1.82. The van der Waals surface area contributed by atoms with Gasteiger partial charge in [0.1, 0.15) is 23.5 Å². The average Bonchev–Trinajstić information content (AvgIpc) is 2.51. The number of nitrogens with zero attached hydrogens (tertiary/aromatic N) is 3. The van der Waals surface area contributed by atoms with Crippen LogP contribution in [-0.4, -0.2) is 26.9 Å². The van der Waals surface area contributed by atoms with Gasteiger partial charge in [-0.2, -0.15) is 10.4 Å². The van der Waals surface area contributed by atoms with Gasteiger partial charge in [-0.25, -0.2) is 4.79 Å². The van der Waals surface area contributed by atoms with Crippen molar-refractivity contribution in [1.29, 1.82) is 5.26 Å². The molecule has 0 radical (unpaired) electrons. The molecule has 0 fully saturated rings. The Morgan fingerprint density at radius 1 is 1.61 bits per heavy atom. The molecule has 1 heterocycles. The number of hydrogen-bond acceptors (Lipinski definition) is 4. The van der Waals surface area contributed by atoms with E-state index in [0.717, 1.165) is 0 Å². The fourth-order valence-corrected chi connectivity index (χ4v) is 1.82. The predicted molar refractivity (Wildman–Crippen MR) is 67.2 cm³/mol. The number of rotatable bonds is 5. The first-order valence-corrected chi connectivity index (χ1v) is 5.79. The molecule has 1 aromatic heterocycles. The van der Waals surface area contributed by atoms with Crippen molar-refractivity contribution in [2.75, 3.05) is 5.32 Å². The normalized spacial score (nSPS) is 12.2. The molecule has 0 spiro atoms. The number of carboxylic acid groups (broad SMARTS) is 1. The largest absolute Gasteiger partial charge is 0.480 e. The average molecular weight is 250 g/mol. The van der Waals surface area contributed by atoms with Gasteiger partial charge in [0.2, 0.25) is 0 Å². The van der Waals surface area contributed by atoms with Crippen LogP contribution in [-0.2, 0) is 11.8 Å². The Hall–Kier alpha value is -2.03. The number of hydrogen-bond donors (Lipinski definition) is 2. The second-order valence-electron chi connectivity index (χ2n) is 4.71. The van der Waals surface area contributed by atoms with Crippen molar-refractivity contribution in [1.82, 2.24) is 9.78 Å². The molecule has 0 aromatic carbocycles. The van der Waals surface area contributed by atoms with Gasteiger partial charge < -0.3 is 10.4 Å². The van der Waals surface area contributed by atoms with Crippen LogP contribution in [0.4, 0.5) is 5.82 Å². The van der Waals surface area contributed by atoms with E-state index in [2.05, 4.69) is 10.4 Å². The van der Waals surface area contributed by atoms with Crippen molar-refractivity contribution >= 4 is 11.8 Å². The van der Waals surface area contributed by atoms with Crippen molar-refractivity contribution in [3.05, 3.63) is 11.3 Å². The van der Waals surface area contributed by atoms with Crippen LogP contribution in [0.2, 0.25) is 0 Å². The van der Waals surface area contributed by atoms with Gasteiger partial charge in [0, 0.05) is 7.05 Å². The lowest BCUT2D eigenvalue weighted by Crippen LogP contribution is -2.31. The van der Waals surface area contributed by atoms with Gasteiger partial charge in [0.05, 0.1) is 5.69 Å². The zero-order valence-electron chi connectivity index (χ0n) is 11.1. The molecule has 0 saturated carbocycles. The Morgan fingerprint density at radius 2 is 2.22 bits per heavy atom. The molecular formula is C12H18N4O2. The first-order chi connectivity index (χ1) is 8.36. The van der Waals surface area contributed by atoms with E-state index in [-0.39, 0.29) is 5.92 Å². The summed E-state index contributed by atoms with van der Waals surface area (Å²) in [6, 6.07) is 1.33. The highest BCUT2D eigenvalue weighted by atomic mass is 16.4. The molecule has 0 aliphatic heterocycles. The van der Waals surface area contributed by atoms with Gasteiger partial charge in [-0.15, -0.1) is 0 Å². The van der Waals surface area contributed by atoms with Crippen LogP contribution in [0.1, 0.15) is 31.5 Å². The number of aromatic nitrogens is 2. The van der Waals surface area contributed by atoms with Crippen LogP contribution in [0, 0.1) is 24.2 Å². The summed E-state index contributed by atoms with van der Waals surface area (Å²) >= 11 is 0. The maximum absolute atomic E-state index is 11.2. The highest BCUT2D eigenvalue weighted by Crippen LogP contribution is 2.20. The SMILES string of the molecule is Cc1nn(C)c(NC(CC(C)C)C(=O)O)c1C#N. The fraction of sp³-hybridized carbons (Fsp3) is 0.583. The van der Waals surface area contributed by atoms with Crippen molar-refractivity contribution < 1.29 is 9.90 Å². The first kappa shape index (κ1) is 14.0. The maximum atomic E-state index is 11.2. The van der Waals surface area contributed by atoms with E-state index < -0.39 is 12.0 Å². The molecule has 1 atom stereocenters. The summed E-state index contributed by atoms with van der Waals surface area (Å²) < 4.78 is 1.50. The number of carbonyl (C=O) groups is 1. The Balaban J connectivity index is 3.01. The number of aryl methyl sites for hydroxylation is 2. The Kier molecular flexibility index (Phi) is 4.32. The van der Waals surface area contributed by atoms with Crippen molar-refractivity contribution in [3.63, 3.8) is 0 Å². The molecule has 2 N–H and O–H groups in total. The summed E-state index contributed by atoms with van der Waals surface area (Å²) in [7, 11) is 1.68. The lowest BCUT2D eigenvalue weighted by Gasteiger charge is -2.17. The number of aliphatic carboxylic acids is 1. The van der Waals surface area contributed by atoms with E-state index in [4.69, 9.17) is 10.4 Å². The molecule has 6 nitrogen and oxygen atoms in total. The minimum Gasteiger partial charge on any atom is -0.480 e. The molecule has 6 heteroatoms. The molecule has 0 bridgehead atoms. The van der Waals surface area contributed by atoms with E-state index in [0.29, 0.717) is 23.5 Å². The van der Waals surface area contributed by atoms with Gasteiger partial charge in [0.25, 0.3) is 0 Å². The third kappa shape index (κ3) is 3.00. The standard InChI is InChI=1S/C12H18N4O2/c1-7(2)5-10(12(17)18)14-11-9(6-13)8(3)15-16(11)4/h7,10,14H,5H2,1-4H3,(H,17,18). The summed E-state index contributed by atoms with van der Waals surface area (Å²) in [6.45, 7) is 5.64. The van der Waals surface area contributed by atoms with Gasteiger partial charge in [0.15, 0.2) is 0 Å². The third-order valence-corrected chi connectivity index (χ3v) is 2.65. The first-order valence-electron chi connectivity index (χ1n) is 5.79. The predicted octanol–water partition coefficient (Wildman–Crippen LogP) is 1.51.